The maximum atomic E-state index is 14.1. The molecule has 1 aliphatic rings. The van der Waals surface area contributed by atoms with Crippen LogP contribution < -0.4 is 10.2 Å². The smallest absolute Gasteiger partial charge is 0.270 e. The van der Waals surface area contributed by atoms with Gasteiger partial charge < -0.3 is 0 Å². The van der Waals surface area contributed by atoms with E-state index in [0.29, 0.717) is 27.4 Å². The molecule has 1 N–H and O–H groups in total. The van der Waals surface area contributed by atoms with Crippen LogP contribution in [0.3, 0.4) is 0 Å². The zero-order chi connectivity index (χ0) is 21.3. The average molecular weight is 437 g/mol. The number of benzene rings is 3. The number of carbonyl (C=O) groups excluding carboxylic acids is 2. The van der Waals surface area contributed by atoms with Crippen molar-refractivity contribution in [2.24, 2.45) is 0 Å². The fourth-order valence-electron chi connectivity index (χ4n) is 3.14. The van der Waals surface area contributed by atoms with E-state index in [9.17, 15) is 14.0 Å². The van der Waals surface area contributed by atoms with Gasteiger partial charge in [-0.2, -0.15) is 0 Å². The van der Waals surface area contributed by atoms with Gasteiger partial charge >= 0.3 is 0 Å². The molecule has 0 unspecified atom stereocenters. The number of anilines is 1. The molecule has 0 bridgehead atoms. The summed E-state index contributed by atoms with van der Waals surface area (Å²) in [5.41, 5.74) is 2.06. The molecular weight excluding hydrogens is 423 g/mol. The number of rotatable bonds is 3. The topological polar surface area (TPSA) is 49.4 Å². The van der Waals surface area contributed by atoms with Gasteiger partial charge in [0.25, 0.3) is 11.8 Å². The highest BCUT2D eigenvalue weighted by molar-refractivity contribution is 7.80. The van der Waals surface area contributed by atoms with E-state index in [-0.39, 0.29) is 16.5 Å². The van der Waals surface area contributed by atoms with Crippen molar-refractivity contribution in [3.63, 3.8) is 0 Å². The van der Waals surface area contributed by atoms with Crippen LogP contribution in [0.1, 0.15) is 5.56 Å². The SMILES string of the molecule is O=C1NC(=S)N(c2ccc(Cl)cc2)C(=O)C1=Cc1cccc(-c2ccccc2F)c1. The van der Waals surface area contributed by atoms with Gasteiger partial charge in [-0.25, -0.2) is 4.39 Å². The first-order chi connectivity index (χ1) is 14.4. The standard InChI is InChI=1S/C23H14ClFN2O2S/c24-16-8-10-17(11-9-16)27-22(29)19(21(28)26-23(27)30)13-14-4-3-5-15(12-14)18-6-1-2-7-20(18)25/h1-13H,(H,26,28,30). The summed E-state index contributed by atoms with van der Waals surface area (Å²) < 4.78 is 14.1. The number of hydrogen-bond donors (Lipinski definition) is 1. The van der Waals surface area contributed by atoms with Crippen LogP contribution in [-0.2, 0) is 9.59 Å². The number of hydrogen-bond acceptors (Lipinski definition) is 3. The molecule has 4 nitrogen and oxygen atoms in total. The number of halogens is 2. The quantitative estimate of drug-likeness (QED) is 0.358. The van der Waals surface area contributed by atoms with E-state index in [4.69, 9.17) is 23.8 Å². The van der Waals surface area contributed by atoms with E-state index < -0.39 is 11.8 Å². The Morgan fingerprint density at radius 2 is 1.70 bits per heavy atom. The van der Waals surface area contributed by atoms with Crippen LogP contribution in [-0.4, -0.2) is 16.9 Å². The predicted octanol–water partition coefficient (Wildman–Crippen LogP) is 4.98. The highest BCUT2D eigenvalue weighted by atomic mass is 35.5. The van der Waals surface area contributed by atoms with Crippen molar-refractivity contribution in [3.05, 3.63) is 94.8 Å². The number of amides is 2. The molecule has 3 aromatic carbocycles. The van der Waals surface area contributed by atoms with Gasteiger partial charge in [-0.3, -0.25) is 19.8 Å². The normalized spacial score (nSPS) is 15.5. The number of nitrogens with zero attached hydrogens (tertiary/aromatic N) is 1. The third kappa shape index (κ3) is 3.87. The zero-order valence-electron chi connectivity index (χ0n) is 15.4. The second-order valence-electron chi connectivity index (χ2n) is 6.54. The van der Waals surface area contributed by atoms with E-state index in [1.165, 1.54) is 17.0 Å². The molecule has 4 rings (SSSR count). The van der Waals surface area contributed by atoms with Gasteiger partial charge in [-0.1, -0.05) is 48.0 Å². The molecule has 0 spiro atoms. The average Bonchev–Trinajstić information content (AvgIpc) is 2.73. The monoisotopic (exact) mass is 436 g/mol. The van der Waals surface area contributed by atoms with Crippen molar-refractivity contribution in [1.29, 1.82) is 0 Å². The lowest BCUT2D eigenvalue weighted by molar-refractivity contribution is -0.122. The van der Waals surface area contributed by atoms with E-state index in [2.05, 4.69) is 5.32 Å². The summed E-state index contributed by atoms with van der Waals surface area (Å²) in [5.74, 6) is -1.50. The van der Waals surface area contributed by atoms with Gasteiger partial charge in [0.05, 0.1) is 5.69 Å². The molecule has 30 heavy (non-hydrogen) atoms. The molecule has 0 atom stereocenters. The highest BCUT2D eigenvalue weighted by Gasteiger charge is 2.34. The molecule has 0 aromatic heterocycles. The van der Waals surface area contributed by atoms with Gasteiger partial charge in [-0.15, -0.1) is 0 Å². The fourth-order valence-corrected chi connectivity index (χ4v) is 3.55. The summed E-state index contributed by atoms with van der Waals surface area (Å²) in [7, 11) is 0. The number of carbonyl (C=O) groups is 2. The fraction of sp³-hybridized carbons (Fsp3) is 0. The Morgan fingerprint density at radius 1 is 0.967 bits per heavy atom. The van der Waals surface area contributed by atoms with Crippen molar-refractivity contribution in [3.8, 4) is 11.1 Å². The van der Waals surface area contributed by atoms with Crippen molar-refractivity contribution in [2.45, 2.75) is 0 Å². The third-order valence-electron chi connectivity index (χ3n) is 4.57. The lowest BCUT2D eigenvalue weighted by atomic mass is 10.0. The zero-order valence-corrected chi connectivity index (χ0v) is 17.0. The van der Waals surface area contributed by atoms with Gasteiger partial charge in [0.2, 0.25) is 0 Å². The van der Waals surface area contributed by atoms with Gasteiger partial charge in [-0.05, 0) is 65.8 Å². The second kappa shape index (κ2) is 8.18. The van der Waals surface area contributed by atoms with Crippen LogP contribution in [0.4, 0.5) is 10.1 Å². The van der Waals surface area contributed by atoms with Gasteiger partial charge in [0, 0.05) is 10.6 Å². The maximum absolute atomic E-state index is 14.1. The van der Waals surface area contributed by atoms with Crippen LogP contribution in [0.2, 0.25) is 5.02 Å². The Labute approximate surface area is 182 Å². The Bertz CT molecular complexity index is 1210. The molecule has 7 heteroatoms. The number of nitrogens with one attached hydrogen (secondary N) is 1. The van der Waals surface area contributed by atoms with Crippen LogP contribution in [0.5, 0.6) is 0 Å². The lowest BCUT2D eigenvalue weighted by Crippen LogP contribution is -2.54. The second-order valence-corrected chi connectivity index (χ2v) is 7.36. The molecule has 1 aliphatic heterocycles. The molecule has 1 fully saturated rings. The summed E-state index contributed by atoms with van der Waals surface area (Å²) in [6, 6.07) is 19.9. The number of thiocarbonyl (C=S) groups is 1. The minimum absolute atomic E-state index is 0.00965. The molecule has 1 saturated heterocycles. The summed E-state index contributed by atoms with van der Waals surface area (Å²) in [4.78, 5) is 26.8. The molecule has 148 valence electrons. The van der Waals surface area contributed by atoms with E-state index in [1.807, 2.05) is 0 Å². The summed E-state index contributed by atoms with van der Waals surface area (Å²) >= 11 is 11.1. The van der Waals surface area contributed by atoms with Crippen molar-refractivity contribution < 1.29 is 14.0 Å². The molecule has 2 amide bonds. The van der Waals surface area contributed by atoms with Crippen LogP contribution in [0, 0.1) is 5.82 Å². The predicted molar refractivity (Wildman–Crippen MR) is 119 cm³/mol. The van der Waals surface area contributed by atoms with Gasteiger partial charge in [0.15, 0.2) is 5.11 Å². The van der Waals surface area contributed by atoms with Crippen molar-refractivity contribution >= 4 is 52.5 Å². The van der Waals surface area contributed by atoms with Crippen molar-refractivity contribution in [1.82, 2.24) is 5.32 Å². The first-order valence-electron chi connectivity index (χ1n) is 8.96. The maximum Gasteiger partial charge on any atom is 0.270 e. The van der Waals surface area contributed by atoms with Crippen LogP contribution in [0.25, 0.3) is 17.2 Å². The van der Waals surface area contributed by atoms with Crippen LogP contribution >= 0.6 is 23.8 Å². The molecule has 1 heterocycles. The summed E-state index contributed by atoms with van der Waals surface area (Å²) in [5, 5.41) is 3.04. The Kier molecular flexibility index (Phi) is 5.44. The highest BCUT2D eigenvalue weighted by Crippen LogP contribution is 2.26. The van der Waals surface area contributed by atoms with Crippen LogP contribution in [0.15, 0.2) is 78.4 Å². The Hall–Kier alpha value is -3.35. The van der Waals surface area contributed by atoms with E-state index in [1.54, 1.807) is 66.7 Å². The first-order valence-corrected chi connectivity index (χ1v) is 9.74. The minimum Gasteiger partial charge on any atom is -0.298 e. The summed E-state index contributed by atoms with van der Waals surface area (Å²) in [6.07, 6.45) is 1.46. The van der Waals surface area contributed by atoms with Crippen molar-refractivity contribution in [2.75, 3.05) is 4.90 Å². The molecular formula is C23H14ClFN2O2S. The van der Waals surface area contributed by atoms with E-state index >= 15 is 0 Å². The van der Waals surface area contributed by atoms with E-state index in [0.717, 1.165) is 0 Å². The lowest BCUT2D eigenvalue weighted by Gasteiger charge is -2.29. The molecule has 0 aliphatic carbocycles. The molecule has 0 radical (unpaired) electrons. The first kappa shape index (κ1) is 19.9. The van der Waals surface area contributed by atoms with Gasteiger partial charge in [0.1, 0.15) is 11.4 Å². The molecule has 3 aromatic rings. The minimum atomic E-state index is -0.591. The Morgan fingerprint density at radius 3 is 2.43 bits per heavy atom. The Balaban J connectivity index is 1.72. The molecule has 0 saturated carbocycles. The largest absolute Gasteiger partial charge is 0.298 e. The summed E-state index contributed by atoms with van der Waals surface area (Å²) in [6.45, 7) is 0. The third-order valence-corrected chi connectivity index (χ3v) is 5.11.